The zero-order valence-corrected chi connectivity index (χ0v) is 15.1. The Labute approximate surface area is 140 Å². The third-order valence-corrected chi connectivity index (χ3v) is 4.90. The molecule has 1 saturated carbocycles. The fourth-order valence-electron chi connectivity index (χ4n) is 3.90. The fourth-order valence-corrected chi connectivity index (χ4v) is 3.90. The number of nitrogens with zero attached hydrogens (tertiary/aromatic N) is 1. The van der Waals surface area contributed by atoms with Crippen LogP contribution in [0, 0.1) is 11.8 Å². The van der Waals surface area contributed by atoms with Gasteiger partial charge in [-0.1, -0.05) is 34.1 Å². The number of carbonyl (C=O) groups excluding carboxylic acids is 2. The minimum Gasteiger partial charge on any atom is -0.354 e. The lowest BCUT2D eigenvalue weighted by Crippen LogP contribution is -2.57. The highest BCUT2D eigenvalue weighted by atomic mass is 16.5. The van der Waals surface area contributed by atoms with Crippen LogP contribution in [-0.4, -0.2) is 41.6 Å². The van der Waals surface area contributed by atoms with Gasteiger partial charge in [-0.3, -0.25) is 14.5 Å². The molecular weight excluding hydrogens is 292 g/mol. The van der Waals surface area contributed by atoms with Crippen molar-refractivity contribution >= 4 is 11.8 Å². The van der Waals surface area contributed by atoms with Gasteiger partial charge in [-0.2, -0.15) is 0 Å². The number of carbonyl (C=O) groups is 2. The topological polar surface area (TPSA) is 58.6 Å². The van der Waals surface area contributed by atoms with Gasteiger partial charge in [0.25, 0.3) is 0 Å². The minimum atomic E-state index is -0.558. The van der Waals surface area contributed by atoms with Crippen molar-refractivity contribution in [3.05, 3.63) is 0 Å². The monoisotopic (exact) mass is 324 g/mol. The molecule has 0 aromatic carbocycles. The summed E-state index contributed by atoms with van der Waals surface area (Å²) in [4.78, 5) is 27.2. The zero-order chi connectivity index (χ0) is 17.0. The van der Waals surface area contributed by atoms with Crippen LogP contribution < -0.4 is 5.32 Å². The first-order valence-electron chi connectivity index (χ1n) is 9.13. The second kappa shape index (κ2) is 7.65. The van der Waals surface area contributed by atoms with Crippen LogP contribution >= 0.6 is 0 Å². The van der Waals surface area contributed by atoms with Crippen molar-refractivity contribution in [3.8, 4) is 0 Å². The summed E-state index contributed by atoms with van der Waals surface area (Å²) in [7, 11) is 0. The second-order valence-corrected chi connectivity index (χ2v) is 7.63. The van der Waals surface area contributed by atoms with Gasteiger partial charge in [0.2, 0.25) is 11.8 Å². The van der Waals surface area contributed by atoms with E-state index in [1.807, 2.05) is 20.8 Å². The Morgan fingerprint density at radius 3 is 2.74 bits per heavy atom. The average Bonchev–Trinajstić information content (AvgIpc) is 2.82. The molecule has 2 amide bonds. The van der Waals surface area contributed by atoms with E-state index in [-0.39, 0.29) is 17.7 Å². The van der Waals surface area contributed by atoms with Crippen molar-refractivity contribution in [1.82, 2.24) is 10.2 Å². The molecule has 2 fully saturated rings. The lowest BCUT2D eigenvalue weighted by Gasteiger charge is -2.43. The standard InChI is InChI=1S/C18H32N2O3/c1-5-9-19-17(22)15-12-23-18(8-6-7-14(4)11-18)20(15)16(21)10-13(2)3/h13-15H,5-12H2,1-4H3,(H,19,22)/t14-,15-,18+/m0/s1. The summed E-state index contributed by atoms with van der Waals surface area (Å²) in [5, 5.41) is 2.93. The van der Waals surface area contributed by atoms with E-state index in [1.165, 1.54) is 6.42 Å². The van der Waals surface area contributed by atoms with Crippen LogP contribution in [0.4, 0.5) is 0 Å². The number of ether oxygens (including phenoxy) is 1. The maximum Gasteiger partial charge on any atom is 0.245 e. The van der Waals surface area contributed by atoms with Crippen LogP contribution in [-0.2, 0) is 14.3 Å². The van der Waals surface area contributed by atoms with Crippen molar-refractivity contribution in [1.29, 1.82) is 0 Å². The molecule has 1 aliphatic carbocycles. The lowest BCUT2D eigenvalue weighted by atomic mass is 9.83. The molecule has 5 nitrogen and oxygen atoms in total. The second-order valence-electron chi connectivity index (χ2n) is 7.63. The third kappa shape index (κ3) is 4.06. The van der Waals surface area contributed by atoms with E-state index in [9.17, 15) is 9.59 Å². The molecule has 5 heteroatoms. The first-order valence-corrected chi connectivity index (χ1v) is 9.13. The molecule has 0 unspecified atom stereocenters. The van der Waals surface area contributed by atoms with E-state index >= 15 is 0 Å². The number of hydrogen-bond donors (Lipinski definition) is 1. The normalized spacial score (nSPS) is 30.9. The van der Waals surface area contributed by atoms with Crippen LogP contribution in [0.3, 0.4) is 0 Å². The molecule has 0 radical (unpaired) electrons. The van der Waals surface area contributed by atoms with Crippen LogP contribution in [0.2, 0.25) is 0 Å². The van der Waals surface area contributed by atoms with Gasteiger partial charge in [-0.25, -0.2) is 0 Å². The van der Waals surface area contributed by atoms with Gasteiger partial charge in [-0.05, 0) is 37.5 Å². The highest BCUT2D eigenvalue weighted by Crippen LogP contribution is 2.43. The van der Waals surface area contributed by atoms with Crippen LogP contribution in [0.25, 0.3) is 0 Å². The van der Waals surface area contributed by atoms with Gasteiger partial charge in [0, 0.05) is 13.0 Å². The minimum absolute atomic E-state index is 0.0586. The molecule has 2 rings (SSSR count). The molecule has 132 valence electrons. The zero-order valence-electron chi connectivity index (χ0n) is 15.1. The number of hydrogen-bond acceptors (Lipinski definition) is 3. The molecule has 1 N–H and O–H groups in total. The van der Waals surface area contributed by atoms with Crippen molar-refractivity contribution in [2.24, 2.45) is 11.8 Å². The lowest BCUT2D eigenvalue weighted by molar-refractivity contribution is -0.163. The van der Waals surface area contributed by atoms with Crippen LogP contribution in [0.15, 0.2) is 0 Å². The summed E-state index contributed by atoms with van der Waals surface area (Å²) >= 11 is 0. The molecule has 0 aromatic rings. The van der Waals surface area contributed by atoms with Gasteiger partial charge in [0.15, 0.2) is 0 Å². The molecule has 0 aromatic heterocycles. The highest BCUT2D eigenvalue weighted by molar-refractivity contribution is 5.88. The Balaban J connectivity index is 2.22. The van der Waals surface area contributed by atoms with Crippen LogP contribution in [0.5, 0.6) is 0 Å². The van der Waals surface area contributed by atoms with Gasteiger partial charge >= 0.3 is 0 Å². The SMILES string of the molecule is CCCNC(=O)[C@@H]1CO[C@@]2(CCC[C@H](C)C2)N1C(=O)CC(C)C. The molecule has 3 atom stereocenters. The molecule has 1 aliphatic heterocycles. The summed E-state index contributed by atoms with van der Waals surface area (Å²) in [6, 6.07) is -0.474. The van der Waals surface area contributed by atoms with E-state index in [0.717, 1.165) is 25.7 Å². The molecule has 23 heavy (non-hydrogen) atoms. The Kier molecular flexibility index (Phi) is 6.06. The predicted octanol–water partition coefficient (Wildman–Crippen LogP) is 2.69. The summed E-state index contributed by atoms with van der Waals surface area (Å²) in [6.07, 6.45) is 5.27. The Hall–Kier alpha value is -1.10. The number of amides is 2. The van der Waals surface area contributed by atoms with Gasteiger partial charge in [0.05, 0.1) is 6.61 Å². The first-order chi connectivity index (χ1) is 10.9. The van der Waals surface area contributed by atoms with E-state index < -0.39 is 11.8 Å². The van der Waals surface area contributed by atoms with E-state index in [4.69, 9.17) is 4.74 Å². The average molecular weight is 324 g/mol. The predicted molar refractivity (Wildman–Crippen MR) is 89.7 cm³/mol. The van der Waals surface area contributed by atoms with E-state index in [0.29, 0.717) is 25.5 Å². The first kappa shape index (κ1) is 18.2. The summed E-state index contributed by atoms with van der Waals surface area (Å²) in [5.41, 5.74) is -0.558. The highest BCUT2D eigenvalue weighted by Gasteiger charge is 2.53. The Morgan fingerprint density at radius 1 is 1.39 bits per heavy atom. The number of rotatable bonds is 5. The van der Waals surface area contributed by atoms with Gasteiger partial charge in [0.1, 0.15) is 11.8 Å². The van der Waals surface area contributed by atoms with E-state index in [1.54, 1.807) is 4.90 Å². The van der Waals surface area contributed by atoms with Crippen LogP contribution in [0.1, 0.15) is 66.2 Å². The maximum absolute atomic E-state index is 12.9. The largest absolute Gasteiger partial charge is 0.354 e. The third-order valence-electron chi connectivity index (χ3n) is 4.90. The Bertz CT molecular complexity index is 438. The summed E-state index contributed by atoms with van der Waals surface area (Å²) in [5.74, 6) is 0.790. The summed E-state index contributed by atoms with van der Waals surface area (Å²) < 4.78 is 6.13. The quantitative estimate of drug-likeness (QED) is 0.846. The fraction of sp³-hybridized carbons (Fsp3) is 0.889. The molecule has 1 spiro atoms. The van der Waals surface area contributed by atoms with Gasteiger partial charge < -0.3 is 10.1 Å². The smallest absolute Gasteiger partial charge is 0.245 e. The molecular formula is C18H32N2O3. The summed E-state index contributed by atoms with van der Waals surface area (Å²) in [6.45, 7) is 9.28. The molecule has 2 aliphatic rings. The molecule has 1 saturated heterocycles. The van der Waals surface area contributed by atoms with Gasteiger partial charge in [-0.15, -0.1) is 0 Å². The Morgan fingerprint density at radius 2 is 2.13 bits per heavy atom. The van der Waals surface area contributed by atoms with Crippen molar-refractivity contribution < 1.29 is 14.3 Å². The van der Waals surface area contributed by atoms with Crippen molar-refractivity contribution in [2.75, 3.05) is 13.2 Å². The maximum atomic E-state index is 12.9. The van der Waals surface area contributed by atoms with E-state index in [2.05, 4.69) is 12.2 Å². The molecule has 0 bridgehead atoms. The number of nitrogens with one attached hydrogen (secondary N) is 1. The van der Waals surface area contributed by atoms with Crippen molar-refractivity contribution in [2.45, 2.75) is 78.0 Å². The molecule has 1 heterocycles. The van der Waals surface area contributed by atoms with Crippen molar-refractivity contribution in [3.63, 3.8) is 0 Å².